The van der Waals surface area contributed by atoms with E-state index in [0.717, 1.165) is 11.1 Å². The van der Waals surface area contributed by atoms with Crippen LogP contribution in [0.3, 0.4) is 0 Å². The molecule has 0 saturated heterocycles. The van der Waals surface area contributed by atoms with E-state index in [4.69, 9.17) is 28.3 Å². The van der Waals surface area contributed by atoms with E-state index in [-0.39, 0.29) is 18.7 Å². The summed E-state index contributed by atoms with van der Waals surface area (Å²) >= 11 is 11.8. The molecule has 1 heterocycles. The molecule has 0 aromatic heterocycles. The smallest absolute Gasteiger partial charge is 0.303 e. The number of benzene rings is 2. The second-order valence-electron chi connectivity index (χ2n) is 5.81. The van der Waals surface area contributed by atoms with E-state index in [2.05, 4.69) is 5.32 Å². The Morgan fingerprint density at radius 1 is 0.923 bits per heavy atom. The van der Waals surface area contributed by atoms with Crippen molar-refractivity contribution in [2.24, 2.45) is 0 Å². The van der Waals surface area contributed by atoms with Gasteiger partial charge in [-0.1, -0.05) is 47.5 Å². The molecule has 0 unspecified atom stereocenters. The quantitative estimate of drug-likeness (QED) is 0.725. The summed E-state index contributed by atoms with van der Waals surface area (Å²) in [5, 5.41) is 13.1. The number of hydrogen-bond acceptors (Lipinski definition) is 2. The lowest BCUT2D eigenvalue weighted by Crippen LogP contribution is -2.17. The minimum absolute atomic E-state index is 0.0706. The van der Waals surface area contributed by atoms with Crippen LogP contribution in [0.1, 0.15) is 24.0 Å². The Labute approximate surface area is 160 Å². The number of carbonyl (C=O) groups excluding carboxylic acids is 1. The zero-order valence-corrected chi connectivity index (χ0v) is 15.1. The average molecular weight is 388 g/mol. The van der Waals surface area contributed by atoms with Gasteiger partial charge in [-0.3, -0.25) is 9.59 Å². The fraction of sp³-hybridized carbons (Fsp3) is 0.100. The van der Waals surface area contributed by atoms with Gasteiger partial charge in [-0.25, -0.2) is 0 Å². The van der Waals surface area contributed by atoms with Gasteiger partial charge in [-0.2, -0.15) is 0 Å². The van der Waals surface area contributed by atoms with Gasteiger partial charge in [0.25, 0.3) is 5.91 Å². The highest BCUT2D eigenvalue weighted by Crippen LogP contribution is 2.31. The van der Waals surface area contributed by atoms with Crippen molar-refractivity contribution in [1.82, 2.24) is 5.32 Å². The molecule has 0 atom stereocenters. The van der Waals surface area contributed by atoms with Crippen molar-refractivity contribution >= 4 is 46.3 Å². The number of hydrogen-bond donors (Lipinski definition) is 2. The number of rotatable bonds is 5. The largest absolute Gasteiger partial charge is 0.481 e. The van der Waals surface area contributed by atoms with Gasteiger partial charge in [0.2, 0.25) is 0 Å². The Morgan fingerprint density at radius 3 is 2.08 bits per heavy atom. The van der Waals surface area contributed by atoms with Crippen molar-refractivity contribution in [3.8, 4) is 0 Å². The Hall–Kier alpha value is -2.56. The first-order valence-electron chi connectivity index (χ1n) is 7.94. The molecule has 0 spiro atoms. The molecule has 1 aliphatic heterocycles. The molecule has 2 N–H and O–H groups in total. The van der Waals surface area contributed by atoms with Crippen molar-refractivity contribution in [2.45, 2.75) is 12.8 Å². The molecule has 1 aliphatic rings. The highest BCUT2D eigenvalue weighted by atomic mass is 35.5. The van der Waals surface area contributed by atoms with Crippen molar-refractivity contribution < 1.29 is 14.7 Å². The van der Waals surface area contributed by atoms with Crippen molar-refractivity contribution in [2.75, 3.05) is 0 Å². The summed E-state index contributed by atoms with van der Waals surface area (Å²) in [5.74, 6) is -1.18. The van der Waals surface area contributed by atoms with Crippen LogP contribution in [0.5, 0.6) is 0 Å². The first-order chi connectivity index (χ1) is 12.4. The Kier molecular flexibility index (Phi) is 5.45. The van der Waals surface area contributed by atoms with Gasteiger partial charge in [-0.05, 0) is 53.5 Å². The Morgan fingerprint density at radius 2 is 1.50 bits per heavy atom. The number of carboxylic acid groups (broad SMARTS) is 1. The molecule has 0 radical (unpaired) electrons. The number of halogens is 2. The lowest BCUT2D eigenvalue weighted by molar-refractivity contribution is -0.136. The predicted molar refractivity (Wildman–Crippen MR) is 103 cm³/mol. The fourth-order valence-electron chi connectivity index (χ4n) is 2.76. The molecule has 26 heavy (non-hydrogen) atoms. The van der Waals surface area contributed by atoms with E-state index in [9.17, 15) is 9.59 Å². The van der Waals surface area contributed by atoms with E-state index < -0.39 is 5.97 Å². The van der Waals surface area contributed by atoms with Crippen LogP contribution >= 0.6 is 23.2 Å². The number of amides is 1. The van der Waals surface area contributed by atoms with Crippen LogP contribution in [0, 0.1) is 0 Å². The lowest BCUT2D eigenvalue weighted by Gasteiger charge is -2.09. The fourth-order valence-corrected chi connectivity index (χ4v) is 3.01. The van der Waals surface area contributed by atoms with Gasteiger partial charge < -0.3 is 10.4 Å². The summed E-state index contributed by atoms with van der Waals surface area (Å²) in [4.78, 5) is 23.6. The van der Waals surface area contributed by atoms with Crippen molar-refractivity contribution in [3.63, 3.8) is 0 Å². The minimum Gasteiger partial charge on any atom is -0.481 e. The molecule has 6 heteroatoms. The standard InChI is InChI=1S/C20H15Cl2NO3/c21-14-5-1-12(2-6-14)16(9-10-19(24)25)17-11-18(23-20(17)26)13-3-7-15(22)8-4-13/h1-8,11H,9-10H2,(H,23,26)(H,24,25)/b17-16+. The van der Waals surface area contributed by atoms with E-state index in [1.165, 1.54) is 0 Å². The number of aliphatic carboxylic acids is 1. The van der Waals surface area contributed by atoms with Gasteiger partial charge in [0, 0.05) is 27.7 Å². The maximum atomic E-state index is 12.5. The molecular weight excluding hydrogens is 373 g/mol. The predicted octanol–water partition coefficient (Wildman–Crippen LogP) is 4.78. The van der Waals surface area contributed by atoms with Gasteiger partial charge in [0.05, 0.1) is 0 Å². The van der Waals surface area contributed by atoms with Crippen LogP contribution in [-0.2, 0) is 9.59 Å². The zero-order valence-electron chi connectivity index (χ0n) is 13.6. The molecule has 0 bridgehead atoms. The second kappa shape index (κ2) is 7.77. The summed E-state index contributed by atoms with van der Waals surface area (Å²) in [6, 6.07) is 14.1. The summed E-state index contributed by atoms with van der Waals surface area (Å²) < 4.78 is 0. The zero-order chi connectivity index (χ0) is 18.7. The first-order valence-corrected chi connectivity index (χ1v) is 8.69. The molecule has 1 amide bonds. The third-order valence-electron chi connectivity index (χ3n) is 4.04. The number of carboxylic acids is 1. The Bertz CT molecular complexity index is 913. The van der Waals surface area contributed by atoms with Gasteiger partial charge in [0.15, 0.2) is 0 Å². The Balaban J connectivity index is 2.05. The SMILES string of the molecule is O=C(O)CC/C(=C1/C=C(c2ccc(Cl)cc2)NC1=O)c1ccc(Cl)cc1. The molecule has 3 rings (SSSR count). The molecular formula is C20H15Cl2NO3. The maximum Gasteiger partial charge on any atom is 0.303 e. The molecule has 2 aromatic rings. The molecule has 0 saturated carbocycles. The van der Waals surface area contributed by atoms with E-state index >= 15 is 0 Å². The lowest BCUT2D eigenvalue weighted by atomic mass is 9.95. The first kappa shape index (κ1) is 18.2. The molecule has 2 aromatic carbocycles. The number of allylic oxidation sites excluding steroid dienone is 1. The molecule has 0 aliphatic carbocycles. The molecule has 0 fully saturated rings. The summed E-state index contributed by atoms with van der Waals surface area (Å²) in [5.41, 5.74) is 3.38. The van der Waals surface area contributed by atoms with Crippen LogP contribution in [0.25, 0.3) is 11.3 Å². The van der Waals surface area contributed by atoms with E-state index in [1.54, 1.807) is 42.5 Å². The van der Waals surface area contributed by atoms with Crippen molar-refractivity contribution in [3.05, 3.63) is 81.4 Å². The van der Waals surface area contributed by atoms with Crippen LogP contribution in [0.2, 0.25) is 10.0 Å². The summed E-state index contributed by atoms with van der Waals surface area (Å²) in [6.45, 7) is 0. The average Bonchev–Trinajstić information content (AvgIpc) is 2.99. The molecule has 132 valence electrons. The number of nitrogens with one attached hydrogen (secondary N) is 1. The van der Waals surface area contributed by atoms with Crippen LogP contribution in [0.15, 0.2) is 60.2 Å². The number of carbonyl (C=O) groups is 2. The van der Waals surface area contributed by atoms with Gasteiger partial charge in [-0.15, -0.1) is 0 Å². The third kappa shape index (κ3) is 4.15. The minimum atomic E-state index is -0.919. The van der Waals surface area contributed by atoms with Crippen LogP contribution in [-0.4, -0.2) is 17.0 Å². The van der Waals surface area contributed by atoms with Crippen LogP contribution in [0.4, 0.5) is 0 Å². The maximum absolute atomic E-state index is 12.5. The van der Waals surface area contributed by atoms with E-state index in [1.807, 2.05) is 12.1 Å². The second-order valence-corrected chi connectivity index (χ2v) is 6.68. The van der Waals surface area contributed by atoms with Gasteiger partial charge in [0.1, 0.15) is 0 Å². The van der Waals surface area contributed by atoms with Crippen LogP contribution < -0.4 is 5.32 Å². The van der Waals surface area contributed by atoms with Gasteiger partial charge >= 0.3 is 5.97 Å². The highest BCUT2D eigenvalue weighted by molar-refractivity contribution is 6.31. The third-order valence-corrected chi connectivity index (χ3v) is 4.55. The topological polar surface area (TPSA) is 66.4 Å². The highest BCUT2D eigenvalue weighted by Gasteiger charge is 2.23. The summed E-state index contributed by atoms with van der Waals surface area (Å²) in [7, 11) is 0. The normalized spacial score (nSPS) is 15.5. The summed E-state index contributed by atoms with van der Waals surface area (Å²) in [6.07, 6.45) is 1.92. The van der Waals surface area contributed by atoms with E-state index in [0.29, 0.717) is 26.9 Å². The molecule has 4 nitrogen and oxygen atoms in total. The monoisotopic (exact) mass is 387 g/mol. The van der Waals surface area contributed by atoms with Crippen molar-refractivity contribution in [1.29, 1.82) is 0 Å².